The second kappa shape index (κ2) is 5.90. The number of hydrogen-bond donors (Lipinski definition) is 1. The van der Waals surface area contributed by atoms with Crippen LogP contribution in [-0.2, 0) is 12.6 Å². The smallest absolute Gasteiger partial charge is 0.369 e. The van der Waals surface area contributed by atoms with Gasteiger partial charge in [-0.25, -0.2) is 4.98 Å². The Labute approximate surface area is 114 Å². The predicted octanol–water partition coefficient (Wildman–Crippen LogP) is 3.46. The zero-order valence-corrected chi connectivity index (χ0v) is 10.9. The maximum Gasteiger partial charge on any atom is 0.419 e. The minimum atomic E-state index is -4.40. The lowest BCUT2D eigenvalue weighted by atomic mass is 10.2. The van der Waals surface area contributed by atoms with Gasteiger partial charge in [0.15, 0.2) is 0 Å². The zero-order chi connectivity index (χ0) is 14.6. The molecule has 0 radical (unpaired) electrons. The van der Waals surface area contributed by atoms with Gasteiger partial charge in [0, 0.05) is 24.6 Å². The first-order valence-corrected chi connectivity index (χ1v) is 6.14. The summed E-state index contributed by atoms with van der Waals surface area (Å²) in [6, 6.07) is 6.07. The molecule has 3 nitrogen and oxygen atoms in total. The minimum Gasteiger partial charge on any atom is -0.369 e. The standard InChI is InChI=1S/C14H14F3N3/c1-10-4-5-11(9-20-10)6-8-19-13-12(14(15,16)17)3-2-7-18-13/h2-5,7,9H,6,8H2,1H3,(H,18,19). The van der Waals surface area contributed by atoms with Gasteiger partial charge in [0.25, 0.3) is 0 Å². The highest BCUT2D eigenvalue weighted by Gasteiger charge is 2.33. The van der Waals surface area contributed by atoms with Crippen molar-refractivity contribution in [3.63, 3.8) is 0 Å². The predicted molar refractivity (Wildman–Crippen MR) is 70.4 cm³/mol. The third kappa shape index (κ3) is 3.69. The Morgan fingerprint density at radius 2 is 1.95 bits per heavy atom. The van der Waals surface area contributed by atoms with Crippen LogP contribution in [-0.4, -0.2) is 16.5 Å². The second-order valence-corrected chi connectivity index (χ2v) is 4.38. The number of halogens is 3. The molecule has 106 valence electrons. The number of rotatable bonds is 4. The summed E-state index contributed by atoms with van der Waals surface area (Å²) >= 11 is 0. The van der Waals surface area contributed by atoms with Crippen LogP contribution in [0, 0.1) is 6.92 Å². The van der Waals surface area contributed by atoms with Crippen molar-refractivity contribution in [2.75, 3.05) is 11.9 Å². The van der Waals surface area contributed by atoms with Crippen molar-refractivity contribution in [1.82, 2.24) is 9.97 Å². The van der Waals surface area contributed by atoms with E-state index in [1.165, 1.54) is 12.3 Å². The van der Waals surface area contributed by atoms with Crippen molar-refractivity contribution in [2.45, 2.75) is 19.5 Å². The molecule has 0 saturated heterocycles. The topological polar surface area (TPSA) is 37.8 Å². The van der Waals surface area contributed by atoms with E-state index >= 15 is 0 Å². The van der Waals surface area contributed by atoms with E-state index in [4.69, 9.17) is 0 Å². The van der Waals surface area contributed by atoms with Gasteiger partial charge < -0.3 is 5.32 Å². The molecule has 2 rings (SSSR count). The van der Waals surface area contributed by atoms with Gasteiger partial charge in [0.2, 0.25) is 0 Å². The summed E-state index contributed by atoms with van der Waals surface area (Å²) in [5, 5.41) is 2.72. The fourth-order valence-corrected chi connectivity index (χ4v) is 1.75. The Bertz CT molecular complexity index is 565. The molecule has 20 heavy (non-hydrogen) atoms. The molecule has 0 unspecified atom stereocenters. The average Bonchev–Trinajstić information content (AvgIpc) is 2.40. The molecule has 0 atom stereocenters. The molecule has 0 saturated carbocycles. The fraction of sp³-hybridized carbons (Fsp3) is 0.286. The molecule has 0 aromatic carbocycles. The van der Waals surface area contributed by atoms with Crippen LogP contribution in [0.15, 0.2) is 36.7 Å². The summed E-state index contributed by atoms with van der Waals surface area (Å²) in [6.07, 6.45) is -0.756. The molecule has 0 aliphatic heterocycles. The molecule has 2 aromatic rings. The van der Waals surface area contributed by atoms with Crippen molar-refractivity contribution in [2.24, 2.45) is 0 Å². The summed E-state index contributed by atoms with van der Waals surface area (Å²) in [5.74, 6) is -0.139. The van der Waals surface area contributed by atoms with E-state index in [-0.39, 0.29) is 5.82 Å². The summed E-state index contributed by atoms with van der Waals surface area (Å²) < 4.78 is 38.3. The van der Waals surface area contributed by atoms with E-state index in [1.807, 2.05) is 19.1 Å². The van der Waals surface area contributed by atoms with Gasteiger partial charge in [0.1, 0.15) is 5.82 Å². The molecule has 0 amide bonds. The Morgan fingerprint density at radius 3 is 2.60 bits per heavy atom. The SMILES string of the molecule is Cc1ccc(CCNc2ncccc2C(F)(F)F)cn1. The van der Waals surface area contributed by atoms with Gasteiger partial charge in [-0.3, -0.25) is 4.98 Å². The molecule has 2 heterocycles. The Morgan fingerprint density at radius 1 is 1.15 bits per heavy atom. The molecule has 0 aliphatic rings. The summed E-state index contributed by atoms with van der Waals surface area (Å²) in [6.45, 7) is 2.25. The monoisotopic (exact) mass is 281 g/mol. The molecule has 0 spiro atoms. The lowest BCUT2D eigenvalue weighted by Crippen LogP contribution is -2.14. The molecular formula is C14H14F3N3. The Kier molecular flexibility index (Phi) is 4.22. The second-order valence-electron chi connectivity index (χ2n) is 4.38. The fourth-order valence-electron chi connectivity index (χ4n) is 1.75. The normalized spacial score (nSPS) is 11.4. The van der Waals surface area contributed by atoms with E-state index in [2.05, 4.69) is 15.3 Å². The van der Waals surface area contributed by atoms with Crippen molar-refractivity contribution in [3.8, 4) is 0 Å². The van der Waals surface area contributed by atoms with E-state index in [1.54, 1.807) is 6.20 Å². The molecular weight excluding hydrogens is 267 g/mol. The van der Waals surface area contributed by atoms with E-state index in [0.717, 1.165) is 17.3 Å². The molecule has 2 aromatic heterocycles. The van der Waals surface area contributed by atoms with Crippen LogP contribution in [0.4, 0.5) is 19.0 Å². The van der Waals surface area contributed by atoms with Gasteiger partial charge in [0.05, 0.1) is 5.56 Å². The quantitative estimate of drug-likeness (QED) is 0.932. The van der Waals surface area contributed by atoms with Crippen LogP contribution in [0.5, 0.6) is 0 Å². The lowest BCUT2D eigenvalue weighted by molar-refractivity contribution is -0.137. The van der Waals surface area contributed by atoms with Crippen molar-refractivity contribution in [3.05, 3.63) is 53.5 Å². The number of alkyl halides is 3. The zero-order valence-electron chi connectivity index (χ0n) is 10.9. The number of aryl methyl sites for hydroxylation is 1. The summed E-state index contributed by atoms with van der Waals surface area (Å²) in [4.78, 5) is 7.88. The maximum atomic E-state index is 12.8. The molecule has 0 aliphatic carbocycles. The van der Waals surface area contributed by atoms with Gasteiger partial charge in [-0.15, -0.1) is 0 Å². The van der Waals surface area contributed by atoms with E-state index in [0.29, 0.717) is 13.0 Å². The minimum absolute atomic E-state index is 0.139. The highest BCUT2D eigenvalue weighted by atomic mass is 19.4. The van der Waals surface area contributed by atoms with Crippen LogP contribution >= 0.6 is 0 Å². The number of pyridine rings is 2. The Balaban J connectivity index is 1.99. The van der Waals surface area contributed by atoms with E-state index in [9.17, 15) is 13.2 Å². The Hall–Kier alpha value is -2.11. The summed E-state index contributed by atoms with van der Waals surface area (Å²) in [5.41, 5.74) is 1.13. The first-order valence-electron chi connectivity index (χ1n) is 6.14. The van der Waals surface area contributed by atoms with Crippen LogP contribution in [0.1, 0.15) is 16.8 Å². The molecule has 0 bridgehead atoms. The van der Waals surface area contributed by atoms with Crippen LogP contribution in [0.2, 0.25) is 0 Å². The highest BCUT2D eigenvalue weighted by Crippen LogP contribution is 2.33. The number of aromatic nitrogens is 2. The third-order valence-corrected chi connectivity index (χ3v) is 2.79. The van der Waals surface area contributed by atoms with Crippen LogP contribution in [0.3, 0.4) is 0 Å². The first-order chi connectivity index (χ1) is 9.47. The van der Waals surface area contributed by atoms with Crippen molar-refractivity contribution >= 4 is 5.82 Å². The van der Waals surface area contributed by atoms with Gasteiger partial charge >= 0.3 is 6.18 Å². The summed E-state index contributed by atoms with van der Waals surface area (Å²) in [7, 11) is 0. The van der Waals surface area contributed by atoms with Crippen LogP contribution < -0.4 is 5.32 Å². The van der Waals surface area contributed by atoms with Gasteiger partial charge in [-0.1, -0.05) is 6.07 Å². The maximum absolute atomic E-state index is 12.8. The number of anilines is 1. The van der Waals surface area contributed by atoms with Gasteiger partial charge in [-0.05, 0) is 37.1 Å². The van der Waals surface area contributed by atoms with Crippen LogP contribution in [0.25, 0.3) is 0 Å². The lowest BCUT2D eigenvalue weighted by Gasteiger charge is -2.13. The average molecular weight is 281 g/mol. The molecule has 6 heteroatoms. The van der Waals surface area contributed by atoms with Crippen molar-refractivity contribution < 1.29 is 13.2 Å². The first kappa shape index (κ1) is 14.3. The largest absolute Gasteiger partial charge is 0.419 e. The number of nitrogens with zero attached hydrogens (tertiary/aromatic N) is 2. The number of hydrogen-bond acceptors (Lipinski definition) is 3. The highest BCUT2D eigenvalue weighted by molar-refractivity contribution is 5.45. The third-order valence-electron chi connectivity index (χ3n) is 2.79. The molecule has 1 N–H and O–H groups in total. The number of nitrogens with one attached hydrogen (secondary N) is 1. The van der Waals surface area contributed by atoms with Crippen molar-refractivity contribution in [1.29, 1.82) is 0 Å². The molecule has 0 fully saturated rings. The van der Waals surface area contributed by atoms with E-state index < -0.39 is 11.7 Å². The van der Waals surface area contributed by atoms with Gasteiger partial charge in [-0.2, -0.15) is 13.2 Å².